The number of nitrogens with zero attached hydrogens (tertiary/aromatic N) is 2. The van der Waals surface area contributed by atoms with Crippen molar-refractivity contribution in [3.05, 3.63) is 35.1 Å². The molecule has 2 aromatic heterocycles. The lowest BCUT2D eigenvalue weighted by atomic mass is 10.3. The Hall–Kier alpha value is -2.15. The molecule has 3 rings (SSSR count). The van der Waals surface area contributed by atoms with E-state index in [1.54, 1.807) is 6.33 Å². The fourth-order valence-electron chi connectivity index (χ4n) is 1.56. The number of hydrogen-bond acceptors (Lipinski definition) is 4. The van der Waals surface area contributed by atoms with Gasteiger partial charge in [0.05, 0.1) is 6.33 Å². The van der Waals surface area contributed by atoms with Crippen molar-refractivity contribution in [3.63, 3.8) is 0 Å². The maximum Gasteiger partial charge on any atom is 0.392 e. The SMILES string of the molecule is Nc1nc2nc[nH]c2c(Oc2ccc(Br)cc2)[nH+]1. The Bertz CT molecular complexity index is 694. The number of ether oxygens (including phenoxy) is 1. The van der Waals surface area contributed by atoms with Crippen molar-refractivity contribution >= 4 is 33.0 Å². The average Bonchev–Trinajstić information content (AvgIpc) is 2.80. The normalized spacial score (nSPS) is 10.7. The number of hydrogen-bond donors (Lipinski definition) is 2. The Morgan fingerprint density at radius 1 is 1.28 bits per heavy atom. The third kappa shape index (κ3) is 2.00. The molecule has 3 aromatic rings. The van der Waals surface area contributed by atoms with Crippen LogP contribution in [0.1, 0.15) is 0 Å². The van der Waals surface area contributed by atoms with Gasteiger partial charge < -0.3 is 9.72 Å². The Morgan fingerprint density at radius 3 is 2.83 bits per heavy atom. The Kier molecular flexibility index (Phi) is 2.60. The maximum absolute atomic E-state index is 5.72. The van der Waals surface area contributed by atoms with E-state index in [0.717, 1.165) is 4.47 Å². The fourth-order valence-corrected chi connectivity index (χ4v) is 1.82. The molecule has 0 saturated carbocycles. The number of fused-ring (bicyclic) bond motifs is 1. The van der Waals surface area contributed by atoms with Crippen LogP contribution in [0.5, 0.6) is 11.6 Å². The molecule has 0 radical (unpaired) electrons. The molecule has 0 atom stereocenters. The van der Waals surface area contributed by atoms with Crippen molar-refractivity contribution < 1.29 is 9.72 Å². The van der Waals surface area contributed by atoms with Gasteiger partial charge in [0, 0.05) is 4.47 Å². The Morgan fingerprint density at radius 2 is 2.06 bits per heavy atom. The van der Waals surface area contributed by atoms with Crippen LogP contribution in [0.4, 0.5) is 5.95 Å². The largest absolute Gasteiger partial charge is 0.427 e. The molecule has 0 amide bonds. The van der Waals surface area contributed by atoms with E-state index in [1.807, 2.05) is 24.3 Å². The van der Waals surface area contributed by atoms with Gasteiger partial charge in [-0.25, -0.2) is 9.97 Å². The molecule has 0 aliphatic heterocycles. The zero-order valence-electron chi connectivity index (χ0n) is 9.14. The van der Waals surface area contributed by atoms with Crippen LogP contribution in [0.2, 0.25) is 0 Å². The number of nitrogens with one attached hydrogen (secondary N) is 2. The maximum atomic E-state index is 5.72. The highest BCUT2D eigenvalue weighted by Crippen LogP contribution is 2.24. The van der Waals surface area contributed by atoms with Gasteiger partial charge in [0.25, 0.3) is 11.5 Å². The molecule has 6 nitrogen and oxygen atoms in total. The summed E-state index contributed by atoms with van der Waals surface area (Å²) in [6, 6.07) is 7.47. The van der Waals surface area contributed by atoms with E-state index >= 15 is 0 Å². The Balaban J connectivity index is 2.03. The first kappa shape index (κ1) is 11.0. The van der Waals surface area contributed by atoms with Gasteiger partial charge in [-0.2, -0.15) is 0 Å². The van der Waals surface area contributed by atoms with Gasteiger partial charge in [0.15, 0.2) is 5.52 Å². The predicted octanol–water partition coefficient (Wildman–Crippen LogP) is 1.91. The lowest BCUT2D eigenvalue weighted by molar-refractivity contribution is -0.375. The summed E-state index contributed by atoms with van der Waals surface area (Å²) in [6.45, 7) is 0. The molecule has 7 heteroatoms. The number of rotatable bonds is 2. The first-order valence-electron chi connectivity index (χ1n) is 5.17. The predicted molar refractivity (Wildman–Crippen MR) is 69.1 cm³/mol. The summed E-state index contributed by atoms with van der Waals surface area (Å²) < 4.78 is 6.70. The number of nitrogen functional groups attached to an aromatic ring is 1. The monoisotopic (exact) mass is 306 g/mol. The van der Waals surface area contributed by atoms with Crippen molar-refractivity contribution in [2.45, 2.75) is 0 Å². The highest BCUT2D eigenvalue weighted by atomic mass is 79.9. The number of H-pyrrole nitrogens is 2. The molecule has 0 bridgehead atoms. The topological polar surface area (TPSA) is 91.0 Å². The zero-order valence-corrected chi connectivity index (χ0v) is 10.7. The quantitative estimate of drug-likeness (QED) is 0.756. The third-order valence-electron chi connectivity index (χ3n) is 2.35. The fraction of sp³-hybridized carbons (Fsp3) is 0. The summed E-state index contributed by atoms with van der Waals surface area (Å²) >= 11 is 3.37. The summed E-state index contributed by atoms with van der Waals surface area (Å²) in [6.07, 6.45) is 1.54. The number of anilines is 1. The van der Waals surface area contributed by atoms with Crippen LogP contribution in [-0.4, -0.2) is 15.0 Å². The van der Waals surface area contributed by atoms with Crippen LogP contribution in [0.3, 0.4) is 0 Å². The minimum absolute atomic E-state index is 0.252. The minimum atomic E-state index is 0.252. The standard InChI is InChI=1S/C11H8BrN5O/c12-6-1-3-7(4-2-6)18-10-8-9(15-5-14-8)16-11(13)17-10/h1-5H,(H3,13,14,15,16,17)/p+1. The van der Waals surface area contributed by atoms with Crippen molar-refractivity contribution in [1.82, 2.24) is 15.0 Å². The van der Waals surface area contributed by atoms with Gasteiger partial charge >= 0.3 is 5.95 Å². The average molecular weight is 307 g/mol. The van der Waals surface area contributed by atoms with Crippen LogP contribution in [0, 0.1) is 0 Å². The van der Waals surface area contributed by atoms with E-state index in [4.69, 9.17) is 10.5 Å². The van der Waals surface area contributed by atoms with Crippen LogP contribution >= 0.6 is 15.9 Å². The molecule has 0 aliphatic rings. The van der Waals surface area contributed by atoms with E-state index in [2.05, 4.69) is 35.9 Å². The van der Waals surface area contributed by atoms with Crippen molar-refractivity contribution in [3.8, 4) is 11.6 Å². The highest BCUT2D eigenvalue weighted by molar-refractivity contribution is 9.10. The van der Waals surface area contributed by atoms with E-state index in [0.29, 0.717) is 22.8 Å². The minimum Gasteiger partial charge on any atom is -0.427 e. The van der Waals surface area contributed by atoms with Crippen molar-refractivity contribution in [2.75, 3.05) is 5.73 Å². The summed E-state index contributed by atoms with van der Waals surface area (Å²) in [5.41, 5.74) is 6.84. The molecule has 90 valence electrons. The van der Waals surface area contributed by atoms with Gasteiger partial charge in [-0.05, 0) is 29.2 Å². The van der Waals surface area contributed by atoms with Crippen molar-refractivity contribution in [2.24, 2.45) is 0 Å². The molecule has 0 unspecified atom stereocenters. The zero-order chi connectivity index (χ0) is 12.5. The van der Waals surface area contributed by atoms with E-state index in [-0.39, 0.29) is 5.95 Å². The van der Waals surface area contributed by atoms with Crippen LogP contribution in [0.25, 0.3) is 11.2 Å². The van der Waals surface area contributed by atoms with Gasteiger partial charge in [-0.15, -0.1) is 0 Å². The Labute approximate surface area is 110 Å². The molecule has 0 aliphatic carbocycles. The number of benzene rings is 1. The van der Waals surface area contributed by atoms with Crippen LogP contribution in [0.15, 0.2) is 35.1 Å². The first-order chi connectivity index (χ1) is 8.72. The molecule has 4 N–H and O–H groups in total. The molecule has 2 heterocycles. The summed E-state index contributed by atoms with van der Waals surface area (Å²) in [5, 5.41) is 0. The molecule has 0 spiro atoms. The second-order valence-electron chi connectivity index (χ2n) is 3.61. The van der Waals surface area contributed by atoms with E-state index in [1.165, 1.54) is 0 Å². The lowest BCUT2D eigenvalue weighted by Gasteiger charge is -2.03. The van der Waals surface area contributed by atoms with Gasteiger partial charge in [-0.1, -0.05) is 15.9 Å². The summed E-state index contributed by atoms with van der Waals surface area (Å²) in [4.78, 5) is 13.9. The smallest absolute Gasteiger partial charge is 0.392 e. The van der Waals surface area contributed by atoms with Crippen LogP contribution < -0.4 is 15.5 Å². The molecule has 18 heavy (non-hydrogen) atoms. The van der Waals surface area contributed by atoms with E-state index in [9.17, 15) is 0 Å². The lowest BCUT2D eigenvalue weighted by Crippen LogP contribution is -2.15. The summed E-state index contributed by atoms with van der Waals surface area (Å²) in [7, 11) is 0. The number of imidazole rings is 1. The molecular formula is C11H9BrN5O+. The number of halogens is 1. The van der Waals surface area contributed by atoms with E-state index < -0.39 is 0 Å². The van der Waals surface area contributed by atoms with Crippen molar-refractivity contribution in [1.29, 1.82) is 0 Å². The van der Waals surface area contributed by atoms with Gasteiger partial charge in [0.1, 0.15) is 5.75 Å². The van der Waals surface area contributed by atoms with Gasteiger partial charge in [-0.3, -0.25) is 5.73 Å². The molecular weight excluding hydrogens is 298 g/mol. The second-order valence-corrected chi connectivity index (χ2v) is 4.52. The molecule has 0 fully saturated rings. The van der Waals surface area contributed by atoms with Crippen LogP contribution in [-0.2, 0) is 0 Å². The number of nitrogens with two attached hydrogens (primary N) is 1. The third-order valence-corrected chi connectivity index (χ3v) is 2.88. The van der Waals surface area contributed by atoms with Gasteiger partial charge in [0.2, 0.25) is 0 Å². The number of aromatic amines is 2. The number of aromatic nitrogens is 4. The second kappa shape index (κ2) is 4.26. The first-order valence-corrected chi connectivity index (χ1v) is 5.97. The highest BCUT2D eigenvalue weighted by Gasteiger charge is 2.15. The molecule has 0 saturated heterocycles. The molecule has 1 aromatic carbocycles. The summed E-state index contributed by atoms with van der Waals surface area (Å²) in [5.74, 6) is 1.43.